The van der Waals surface area contributed by atoms with Crippen LogP contribution in [0.1, 0.15) is 12.8 Å². The molecule has 1 unspecified atom stereocenters. The van der Waals surface area contributed by atoms with E-state index in [1.54, 1.807) is 0 Å². The van der Waals surface area contributed by atoms with E-state index in [1.165, 1.54) is 6.42 Å². The van der Waals surface area contributed by atoms with E-state index in [9.17, 15) is 0 Å². The van der Waals surface area contributed by atoms with Crippen molar-refractivity contribution in [1.82, 2.24) is 0 Å². The molecule has 0 aliphatic carbocycles. The average molecular weight is 85.1 g/mol. The summed E-state index contributed by atoms with van der Waals surface area (Å²) in [4.78, 5) is 0. The maximum Gasteiger partial charge on any atom is 0.0597 e. The highest BCUT2D eigenvalue weighted by molar-refractivity contribution is 4.66. The van der Waals surface area contributed by atoms with Crippen LogP contribution in [0.3, 0.4) is 0 Å². The molecular formula is C5H9O. The van der Waals surface area contributed by atoms with E-state index in [2.05, 4.69) is 6.92 Å². The molecule has 1 fully saturated rings. The Labute approximate surface area is 38.3 Å². The number of hydrogen-bond acceptors (Lipinski definition) is 1. The molecule has 0 N–H and O–H groups in total. The Morgan fingerprint density at radius 1 is 1.83 bits per heavy atom. The average Bonchev–Trinajstić information content (AvgIpc) is 1.31. The van der Waals surface area contributed by atoms with Crippen molar-refractivity contribution in [1.29, 1.82) is 0 Å². The Morgan fingerprint density at radius 2 is 2.50 bits per heavy atom. The molecule has 6 heavy (non-hydrogen) atoms. The standard InChI is InChI=1S/C5H9O/c1-2-5-3-4-6-5/h5H,1-4H2. The van der Waals surface area contributed by atoms with E-state index in [0.717, 1.165) is 13.0 Å². The molecule has 0 aromatic heterocycles. The second-order valence-corrected chi connectivity index (χ2v) is 1.57. The SMILES string of the molecule is [CH2]CC1CCO1. The lowest BCUT2D eigenvalue weighted by Crippen LogP contribution is -2.25. The summed E-state index contributed by atoms with van der Waals surface area (Å²) in [6.45, 7) is 4.64. The van der Waals surface area contributed by atoms with Crippen LogP contribution in [0.15, 0.2) is 0 Å². The first-order valence-electron chi connectivity index (χ1n) is 2.34. The first kappa shape index (κ1) is 4.13. The topological polar surface area (TPSA) is 9.23 Å². The van der Waals surface area contributed by atoms with Crippen LogP contribution in [0.5, 0.6) is 0 Å². The molecule has 0 aromatic carbocycles. The molecule has 0 amide bonds. The van der Waals surface area contributed by atoms with E-state index in [-0.39, 0.29) is 0 Å². The Morgan fingerprint density at radius 3 is 2.50 bits per heavy atom. The minimum atomic E-state index is 0.505. The van der Waals surface area contributed by atoms with Gasteiger partial charge in [-0.25, -0.2) is 0 Å². The van der Waals surface area contributed by atoms with Gasteiger partial charge in [0, 0.05) is 6.61 Å². The highest BCUT2D eigenvalue weighted by Gasteiger charge is 2.13. The predicted octanol–water partition coefficient (Wildman–Crippen LogP) is 0.999. The summed E-state index contributed by atoms with van der Waals surface area (Å²) in [6, 6.07) is 0. The van der Waals surface area contributed by atoms with Crippen molar-refractivity contribution < 1.29 is 4.74 Å². The van der Waals surface area contributed by atoms with Crippen LogP contribution in [0.25, 0.3) is 0 Å². The molecule has 1 heterocycles. The van der Waals surface area contributed by atoms with Crippen molar-refractivity contribution in [2.45, 2.75) is 18.9 Å². The van der Waals surface area contributed by atoms with Gasteiger partial charge < -0.3 is 4.74 Å². The van der Waals surface area contributed by atoms with Crippen molar-refractivity contribution in [3.05, 3.63) is 6.92 Å². The van der Waals surface area contributed by atoms with E-state index < -0.39 is 0 Å². The van der Waals surface area contributed by atoms with Crippen molar-refractivity contribution in [3.8, 4) is 0 Å². The van der Waals surface area contributed by atoms with Gasteiger partial charge in [-0.2, -0.15) is 0 Å². The molecule has 1 rings (SSSR count). The van der Waals surface area contributed by atoms with Crippen LogP contribution in [-0.4, -0.2) is 12.7 Å². The molecule has 1 aliphatic heterocycles. The smallest absolute Gasteiger partial charge is 0.0597 e. The minimum Gasteiger partial charge on any atom is -0.378 e. The van der Waals surface area contributed by atoms with E-state index in [1.807, 2.05) is 0 Å². The Bertz CT molecular complexity index is 36.4. The third-order valence-corrected chi connectivity index (χ3v) is 1.12. The summed E-state index contributed by atoms with van der Waals surface area (Å²) in [6.07, 6.45) is 2.67. The summed E-state index contributed by atoms with van der Waals surface area (Å²) in [7, 11) is 0. The molecule has 35 valence electrons. The predicted molar refractivity (Wildman–Crippen MR) is 24.3 cm³/mol. The molecule has 0 bridgehead atoms. The van der Waals surface area contributed by atoms with Gasteiger partial charge in [-0.15, -0.1) is 0 Å². The highest BCUT2D eigenvalue weighted by Crippen LogP contribution is 2.12. The molecule has 1 radical (unpaired) electrons. The van der Waals surface area contributed by atoms with Crippen LogP contribution in [0.2, 0.25) is 0 Å². The summed E-state index contributed by atoms with van der Waals surface area (Å²) >= 11 is 0. The zero-order valence-corrected chi connectivity index (χ0v) is 3.81. The fraction of sp³-hybridized carbons (Fsp3) is 0.800. The van der Waals surface area contributed by atoms with Gasteiger partial charge in [0.25, 0.3) is 0 Å². The summed E-state index contributed by atoms with van der Waals surface area (Å²) in [5.74, 6) is 0. The molecule has 1 nitrogen and oxygen atoms in total. The van der Waals surface area contributed by atoms with Gasteiger partial charge in [-0.3, -0.25) is 0 Å². The minimum absolute atomic E-state index is 0.505. The highest BCUT2D eigenvalue weighted by atomic mass is 16.5. The van der Waals surface area contributed by atoms with E-state index in [4.69, 9.17) is 4.74 Å². The third kappa shape index (κ3) is 0.548. The van der Waals surface area contributed by atoms with Gasteiger partial charge in [-0.05, 0) is 12.8 Å². The first-order valence-corrected chi connectivity index (χ1v) is 2.34. The second kappa shape index (κ2) is 1.61. The van der Waals surface area contributed by atoms with Crippen LogP contribution in [-0.2, 0) is 4.74 Å². The fourth-order valence-corrected chi connectivity index (χ4v) is 0.512. The lowest BCUT2D eigenvalue weighted by Gasteiger charge is -2.24. The zero-order valence-electron chi connectivity index (χ0n) is 3.81. The Hall–Kier alpha value is -0.0400. The molecule has 0 saturated carbocycles. The number of rotatable bonds is 1. The maximum absolute atomic E-state index is 5.02. The van der Waals surface area contributed by atoms with Gasteiger partial charge in [0.15, 0.2) is 0 Å². The largest absolute Gasteiger partial charge is 0.378 e. The lowest BCUT2D eigenvalue weighted by atomic mass is 10.1. The van der Waals surface area contributed by atoms with Gasteiger partial charge >= 0.3 is 0 Å². The molecule has 1 atom stereocenters. The molecule has 1 aliphatic rings. The Balaban J connectivity index is 2.01. The second-order valence-electron chi connectivity index (χ2n) is 1.57. The summed E-state index contributed by atoms with van der Waals surface area (Å²) in [5, 5.41) is 0. The monoisotopic (exact) mass is 85.1 g/mol. The molecular weight excluding hydrogens is 76.1 g/mol. The third-order valence-electron chi connectivity index (χ3n) is 1.12. The molecule has 0 spiro atoms. The van der Waals surface area contributed by atoms with Crippen molar-refractivity contribution in [2.75, 3.05) is 6.61 Å². The van der Waals surface area contributed by atoms with Gasteiger partial charge in [-0.1, -0.05) is 6.92 Å². The van der Waals surface area contributed by atoms with Crippen molar-refractivity contribution >= 4 is 0 Å². The molecule has 1 saturated heterocycles. The van der Waals surface area contributed by atoms with Crippen LogP contribution < -0.4 is 0 Å². The summed E-state index contributed by atoms with van der Waals surface area (Å²) in [5.41, 5.74) is 0. The van der Waals surface area contributed by atoms with Gasteiger partial charge in [0.1, 0.15) is 0 Å². The number of ether oxygens (including phenoxy) is 1. The Kier molecular flexibility index (Phi) is 1.10. The molecule has 0 aromatic rings. The quantitative estimate of drug-likeness (QED) is 0.461. The molecule has 1 heteroatoms. The van der Waals surface area contributed by atoms with Crippen LogP contribution in [0.4, 0.5) is 0 Å². The fourth-order valence-electron chi connectivity index (χ4n) is 0.512. The van der Waals surface area contributed by atoms with Crippen molar-refractivity contribution in [3.63, 3.8) is 0 Å². The number of hydrogen-bond donors (Lipinski definition) is 0. The van der Waals surface area contributed by atoms with Gasteiger partial charge in [0.05, 0.1) is 6.10 Å². The van der Waals surface area contributed by atoms with E-state index in [0.29, 0.717) is 6.10 Å². The van der Waals surface area contributed by atoms with Crippen LogP contribution in [0, 0.1) is 6.92 Å². The van der Waals surface area contributed by atoms with Crippen molar-refractivity contribution in [2.24, 2.45) is 0 Å². The normalized spacial score (nSPS) is 32.5. The maximum atomic E-state index is 5.02. The van der Waals surface area contributed by atoms with E-state index >= 15 is 0 Å². The first-order chi connectivity index (χ1) is 2.93. The summed E-state index contributed by atoms with van der Waals surface area (Å²) < 4.78 is 5.02. The lowest BCUT2D eigenvalue weighted by molar-refractivity contribution is -0.0480. The van der Waals surface area contributed by atoms with Crippen LogP contribution >= 0.6 is 0 Å². The zero-order chi connectivity index (χ0) is 4.41. The van der Waals surface area contributed by atoms with Gasteiger partial charge in [0.2, 0.25) is 0 Å².